The highest BCUT2D eigenvalue weighted by Gasteiger charge is 2.08. The fraction of sp³-hybridized carbons (Fsp3) is 0.158. The van der Waals surface area contributed by atoms with Gasteiger partial charge in [-0.2, -0.15) is 0 Å². The molecule has 24 heavy (non-hydrogen) atoms. The van der Waals surface area contributed by atoms with Crippen molar-refractivity contribution in [3.8, 4) is 17.0 Å². The van der Waals surface area contributed by atoms with Gasteiger partial charge in [0.25, 0.3) is 5.91 Å². The van der Waals surface area contributed by atoms with Crippen molar-refractivity contribution < 1.29 is 9.53 Å². The van der Waals surface area contributed by atoms with Crippen LogP contribution in [0.4, 0.5) is 0 Å². The van der Waals surface area contributed by atoms with E-state index < -0.39 is 0 Å². The number of ether oxygens (including phenoxy) is 1. The maximum Gasteiger partial charge on any atom is 0.251 e. The highest BCUT2D eigenvalue weighted by molar-refractivity contribution is 7.09. The van der Waals surface area contributed by atoms with Gasteiger partial charge >= 0.3 is 0 Å². The minimum atomic E-state index is -0.103. The molecule has 3 aromatic rings. The zero-order valence-corrected chi connectivity index (χ0v) is 14.2. The van der Waals surface area contributed by atoms with E-state index in [4.69, 9.17) is 4.74 Å². The Morgan fingerprint density at radius 3 is 2.79 bits per heavy atom. The summed E-state index contributed by atoms with van der Waals surface area (Å²) in [4.78, 5) is 16.8. The van der Waals surface area contributed by atoms with Crippen LogP contribution in [-0.4, -0.2) is 24.5 Å². The highest BCUT2D eigenvalue weighted by atomic mass is 32.1. The number of carbonyl (C=O) groups excluding carboxylic acids is 1. The molecule has 1 N–H and O–H groups in total. The van der Waals surface area contributed by atoms with Gasteiger partial charge in [0.1, 0.15) is 5.75 Å². The second kappa shape index (κ2) is 7.75. The quantitative estimate of drug-likeness (QED) is 0.744. The fourth-order valence-electron chi connectivity index (χ4n) is 2.32. The molecule has 0 unspecified atom stereocenters. The van der Waals surface area contributed by atoms with Gasteiger partial charge in [-0.15, -0.1) is 11.3 Å². The summed E-state index contributed by atoms with van der Waals surface area (Å²) in [6, 6.07) is 17.2. The average Bonchev–Trinajstić information content (AvgIpc) is 3.11. The number of aromatic nitrogens is 1. The van der Waals surface area contributed by atoms with Crippen LogP contribution in [0.3, 0.4) is 0 Å². The number of amides is 1. The summed E-state index contributed by atoms with van der Waals surface area (Å²) in [5.74, 6) is 0.573. The first kappa shape index (κ1) is 16.2. The number of hydrogen-bond donors (Lipinski definition) is 1. The first-order chi connectivity index (χ1) is 11.8. The Morgan fingerprint density at radius 2 is 2.00 bits per heavy atom. The average molecular weight is 338 g/mol. The van der Waals surface area contributed by atoms with Gasteiger partial charge in [-0.05, 0) is 18.2 Å². The molecule has 0 radical (unpaired) electrons. The molecule has 1 amide bonds. The zero-order valence-electron chi connectivity index (χ0n) is 13.4. The lowest BCUT2D eigenvalue weighted by Crippen LogP contribution is -2.25. The van der Waals surface area contributed by atoms with E-state index in [9.17, 15) is 4.79 Å². The predicted octanol–water partition coefficient (Wildman–Crippen LogP) is 3.79. The van der Waals surface area contributed by atoms with Gasteiger partial charge in [-0.3, -0.25) is 4.79 Å². The van der Waals surface area contributed by atoms with E-state index in [2.05, 4.69) is 15.7 Å². The molecule has 0 aliphatic heterocycles. The summed E-state index contributed by atoms with van der Waals surface area (Å²) in [6.45, 7) is 0.553. The molecular formula is C19H18N2O2S. The molecule has 4 nitrogen and oxygen atoms in total. The molecular weight excluding hydrogens is 320 g/mol. The minimum absolute atomic E-state index is 0.103. The monoisotopic (exact) mass is 338 g/mol. The van der Waals surface area contributed by atoms with Gasteiger partial charge in [-0.1, -0.05) is 36.4 Å². The van der Waals surface area contributed by atoms with E-state index in [-0.39, 0.29) is 5.91 Å². The van der Waals surface area contributed by atoms with Crippen LogP contribution in [0.1, 0.15) is 15.4 Å². The molecule has 1 aromatic heterocycles. The molecule has 0 atom stereocenters. The molecule has 0 aliphatic carbocycles. The number of nitrogens with one attached hydrogen (secondary N) is 1. The summed E-state index contributed by atoms with van der Waals surface area (Å²) in [5, 5.41) is 5.98. The summed E-state index contributed by atoms with van der Waals surface area (Å²) in [7, 11) is 1.59. The Balaban J connectivity index is 1.55. The third kappa shape index (κ3) is 4.00. The predicted molar refractivity (Wildman–Crippen MR) is 96.6 cm³/mol. The molecule has 0 bridgehead atoms. The van der Waals surface area contributed by atoms with Crippen LogP contribution in [0, 0.1) is 0 Å². The standard InChI is InChI=1S/C19H18N2O2S/c1-23-16-9-5-8-15(12-16)19(22)20-11-10-18-21-17(13-24-18)14-6-3-2-4-7-14/h2-9,12-13H,10-11H2,1H3,(H,20,22). The van der Waals surface area contributed by atoms with Gasteiger partial charge in [0.15, 0.2) is 0 Å². The largest absolute Gasteiger partial charge is 0.497 e. The van der Waals surface area contributed by atoms with Gasteiger partial charge in [0, 0.05) is 29.5 Å². The van der Waals surface area contributed by atoms with Crippen molar-refractivity contribution in [1.82, 2.24) is 10.3 Å². The Labute approximate surface area is 145 Å². The van der Waals surface area contributed by atoms with E-state index >= 15 is 0 Å². The number of hydrogen-bond acceptors (Lipinski definition) is 4. The number of methoxy groups -OCH3 is 1. The van der Waals surface area contributed by atoms with Crippen LogP contribution < -0.4 is 10.1 Å². The SMILES string of the molecule is COc1cccc(C(=O)NCCc2nc(-c3ccccc3)cs2)c1. The van der Waals surface area contributed by atoms with E-state index in [1.807, 2.05) is 36.4 Å². The first-order valence-corrected chi connectivity index (χ1v) is 8.56. The lowest BCUT2D eigenvalue weighted by Gasteiger charge is -2.05. The molecule has 1 heterocycles. The fourth-order valence-corrected chi connectivity index (χ4v) is 3.12. The van der Waals surface area contributed by atoms with Crippen LogP contribution >= 0.6 is 11.3 Å². The molecule has 0 saturated heterocycles. The van der Waals surface area contributed by atoms with Crippen LogP contribution in [0.15, 0.2) is 60.0 Å². The lowest BCUT2D eigenvalue weighted by atomic mass is 10.2. The van der Waals surface area contributed by atoms with E-state index in [0.717, 1.165) is 16.3 Å². The van der Waals surface area contributed by atoms with Crippen LogP contribution in [0.2, 0.25) is 0 Å². The first-order valence-electron chi connectivity index (χ1n) is 7.68. The van der Waals surface area contributed by atoms with Crippen LogP contribution in [0.25, 0.3) is 11.3 Å². The number of rotatable bonds is 6. The van der Waals surface area contributed by atoms with Crippen LogP contribution in [-0.2, 0) is 6.42 Å². The Morgan fingerprint density at radius 1 is 1.17 bits per heavy atom. The molecule has 0 saturated carbocycles. The van der Waals surface area contributed by atoms with Gasteiger partial charge in [-0.25, -0.2) is 4.98 Å². The highest BCUT2D eigenvalue weighted by Crippen LogP contribution is 2.21. The lowest BCUT2D eigenvalue weighted by molar-refractivity contribution is 0.0954. The number of thiazole rings is 1. The maximum atomic E-state index is 12.1. The van der Waals surface area contributed by atoms with Crippen molar-refractivity contribution in [3.63, 3.8) is 0 Å². The second-order valence-electron chi connectivity index (χ2n) is 5.23. The normalized spacial score (nSPS) is 10.4. The van der Waals surface area contributed by atoms with Crippen molar-refractivity contribution in [3.05, 3.63) is 70.5 Å². The van der Waals surface area contributed by atoms with E-state index in [1.165, 1.54) is 0 Å². The van der Waals surface area contributed by atoms with Crippen molar-refractivity contribution in [2.45, 2.75) is 6.42 Å². The number of carbonyl (C=O) groups is 1. The summed E-state index contributed by atoms with van der Waals surface area (Å²) >= 11 is 1.62. The summed E-state index contributed by atoms with van der Waals surface area (Å²) in [6.07, 6.45) is 0.715. The summed E-state index contributed by atoms with van der Waals surface area (Å²) in [5.41, 5.74) is 2.69. The molecule has 122 valence electrons. The molecule has 5 heteroatoms. The Bertz CT molecular complexity index is 815. The van der Waals surface area contributed by atoms with Gasteiger partial charge < -0.3 is 10.1 Å². The number of nitrogens with zero attached hydrogens (tertiary/aromatic N) is 1. The maximum absolute atomic E-state index is 12.1. The summed E-state index contributed by atoms with van der Waals surface area (Å²) < 4.78 is 5.14. The molecule has 2 aromatic carbocycles. The molecule has 0 aliphatic rings. The minimum Gasteiger partial charge on any atom is -0.497 e. The van der Waals surface area contributed by atoms with Gasteiger partial charge in [0.2, 0.25) is 0 Å². The van der Waals surface area contributed by atoms with Crippen molar-refractivity contribution in [2.75, 3.05) is 13.7 Å². The zero-order chi connectivity index (χ0) is 16.8. The van der Waals surface area contributed by atoms with Crippen molar-refractivity contribution in [2.24, 2.45) is 0 Å². The topological polar surface area (TPSA) is 51.2 Å². The van der Waals surface area contributed by atoms with E-state index in [0.29, 0.717) is 24.3 Å². The van der Waals surface area contributed by atoms with Crippen LogP contribution in [0.5, 0.6) is 5.75 Å². The number of benzene rings is 2. The van der Waals surface area contributed by atoms with Crippen molar-refractivity contribution in [1.29, 1.82) is 0 Å². The van der Waals surface area contributed by atoms with Crippen molar-refractivity contribution >= 4 is 17.2 Å². The smallest absolute Gasteiger partial charge is 0.251 e. The third-order valence-corrected chi connectivity index (χ3v) is 4.49. The van der Waals surface area contributed by atoms with E-state index in [1.54, 1.807) is 36.6 Å². The molecule has 0 spiro atoms. The molecule has 3 rings (SSSR count). The third-order valence-electron chi connectivity index (χ3n) is 3.58. The van der Waals surface area contributed by atoms with Gasteiger partial charge in [0.05, 0.1) is 17.8 Å². The second-order valence-corrected chi connectivity index (χ2v) is 6.17. The molecule has 0 fully saturated rings. The Kier molecular flexibility index (Phi) is 5.23. The Hall–Kier alpha value is -2.66.